The van der Waals surface area contributed by atoms with E-state index in [4.69, 9.17) is 14.2 Å². The molecular formula is C20H34O3. The van der Waals surface area contributed by atoms with E-state index in [0.717, 1.165) is 12.2 Å². The predicted molar refractivity (Wildman–Crippen MR) is 95.8 cm³/mol. The lowest BCUT2D eigenvalue weighted by atomic mass is 10.0. The van der Waals surface area contributed by atoms with Crippen LogP contribution in [0.15, 0.2) is 24.3 Å². The maximum absolute atomic E-state index is 5.75. The summed E-state index contributed by atoms with van der Waals surface area (Å²) in [6, 6.07) is 8.36. The lowest BCUT2D eigenvalue weighted by Crippen LogP contribution is -2.24. The Labute approximate surface area is 142 Å². The zero-order valence-corrected chi connectivity index (χ0v) is 15.3. The maximum Gasteiger partial charge on any atom is 0.199 e. The van der Waals surface area contributed by atoms with Crippen molar-refractivity contribution in [2.24, 2.45) is 0 Å². The molecule has 0 N–H and O–H groups in total. The van der Waals surface area contributed by atoms with E-state index in [0.29, 0.717) is 6.61 Å². The van der Waals surface area contributed by atoms with Crippen molar-refractivity contribution in [3.8, 4) is 5.75 Å². The number of benzene rings is 1. The van der Waals surface area contributed by atoms with Crippen molar-refractivity contribution in [1.82, 2.24) is 0 Å². The summed E-state index contributed by atoms with van der Waals surface area (Å²) < 4.78 is 16.7. The second kappa shape index (κ2) is 12.4. The average Bonchev–Trinajstić information content (AvgIpc) is 2.52. The first kappa shape index (κ1) is 20.0. The van der Waals surface area contributed by atoms with E-state index in [2.05, 4.69) is 19.1 Å². The highest BCUT2D eigenvalue weighted by atomic mass is 16.8. The van der Waals surface area contributed by atoms with Crippen molar-refractivity contribution < 1.29 is 14.2 Å². The molecule has 0 heterocycles. The van der Waals surface area contributed by atoms with Gasteiger partial charge in [0, 0.05) is 6.61 Å². The summed E-state index contributed by atoms with van der Waals surface area (Å²) in [5.41, 5.74) is 1.38. The maximum atomic E-state index is 5.75. The van der Waals surface area contributed by atoms with Gasteiger partial charge in [-0.15, -0.1) is 0 Å². The van der Waals surface area contributed by atoms with Gasteiger partial charge in [-0.1, -0.05) is 51.2 Å². The van der Waals surface area contributed by atoms with Crippen molar-refractivity contribution in [2.45, 2.75) is 85.2 Å². The molecule has 0 saturated heterocycles. The molecule has 0 aliphatic rings. The monoisotopic (exact) mass is 322 g/mol. The van der Waals surface area contributed by atoms with Crippen LogP contribution in [0.25, 0.3) is 0 Å². The smallest absolute Gasteiger partial charge is 0.199 e. The van der Waals surface area contributed by atoms with Crippen LogP contribution in [0.2, 0.25) is 0 Å². The largest absolute Gasteiger partial charge is 0.465 e. The van der Waals surface area contributed by atoms with Crippen LogP contribution >= 0.6 is 0 Å². The number of hydrogen-bond acceptors (Lipinski definition) is 3. The molecule has 0 aromatic heterocycles. The Morgan fingerprint density at radius 3 is 2.13 bits per heavy atom. The summed E-state index contributed by atoms with van der Waals surface area (Å²) in [5.74, 6) is 0.841. The van der Waals surface area contributed by atoms with Crippen LogP contribution in [-0.2, 0) is 15.9 Å². The van der Waals surface area contributed by atoms with Crippen LogP contribution < -0.4 is 4.74 Å². The molecule has 132 valence electrons. The number of hydrogen-bond donors (Lipinski definition) is 0. The van der Waals surface area contributed by atoms with Crippen molar-refractivity contribution in [3.63, 3.8) is 0 Å². The number of aryl methyl sites for hydroxylation is 1. The van der Waals surface area contributed by atoms with Gasteiger partial charge in [-0.05, 0) is 51.3 Å². The second-order valence-corrected chi connectivity index (χ2v) is 6.01. The van der Waals surface area contributed by atoms with Crippen LogP contribution in [0.5, 0.6) is 5.75 Å². The molecule has 23 heavy (non-hydrogen) atoms. The Balaban J connectivity index is 2.24. The molecule has 0 radical (unpaired) electrons. The van der Waals surface area contributed by atoms with Gasteiger partial charge in [-0.3, -0.25) is 0 Å². The molecule has 2 unspecified atom stereocenters. The molecule has 0 bridgehead atoms. The molecule has 0 aliphatic carbocycles. The molecule has 1 aromatic rings. The zero-order chi connectivity index (χ0) is 16.9. The molecule has 0 spiro atoms. The standard InChI is InChI=1S/C20H34O3/c1-5-7-8-9-10-11-12-19-13-15-20(16-14-19)23-18(4)22-17(3)21-6-2/h13-18H,5-12H2,1-4H3. The van der Waals surface area contributed by atoms with E-state index in [-0.39, 0.29) is 12.6 Å². The molecule has 0 fully saturated rings. The minimum Gasteiger partial charge on any atom is -0.465 e. The molecule has 0 amide bonds. The van der Waals surface area contributed by atoms with E-state index < -0.39 is 0 Å². The Hall–Kier alpha value is -1.06. The van der Waals surface area contributed by atoms with Gasteiger partial charge in [-0.25, -0.2) is 0 Å². The van der Waals surface area contributed by atoms with Gasteiger partial charge in [0.1, 0.15) is 5.75 Å². The quantitative estimate of drug-likeness (QED) is 0.344. The van der Waals surface area contributed by atoms with Gasteiger partial charge in [0.2, 0.25) is 0 Å². The first-order valence-electron chi connectivity index (χ1n) is 9.18. The Kier molecular flexibility index (Phi) is 10.8. The highest BCUT2D eigenvalue weighted by Crippen LogP contribution is 2.17. The summed E-state index contributed by atoms with van der Waals surface area (Å²) >= 11 is 0. The number of unbranched alkanes of at least 4 members (excludes halogenated alkanes) is 5. The molecular weight excluding hydrogens is 288 g/mol. The van der Waals surface area contributed by atoms with Gasteiger partial charge in [0.15, 0.2) is 12.6 Å². The molecule has 0 aliphatic heterocycles. The lowest BCUT2D eigenvalue weighted by molar-refractivity contribution is -0.202. The fourth-order valence-electron chi connectivity index (χ4n) is 2.61. The Bertz CT molecular complexity index is 388. The van der Waals surface area contributed by atoms with Crippen molar-refractivity contribution in [1.29, 1.82) is 0 Å². The first-order valence-corrected chi connectivity index (χ1v) is 9.18. The zero-order valence-electron chi connectivity index (χ0n) is 15.3. The summed E-state index contributed by atoms with van der Waals surface area (Å²) in [6.45, 7) is 8.62. The van der Waals surface area contributed by atoms with Crippen LogP contribution in [0.1, 0.15) is 71.8 Å². The molecule has 0 saturated carbocycles. The van der Waals surface area contributed by atoms with E-state index in [1.807, 2.05) is 32.9 Å². The van der Waals surface area contributed by atoms with Gasteiger partial charge in [0.25, 0.3) is 0 Å². The lowest BCUT2D eigenvalue weighted by Gasteiger charge is -2.20. The van der Waals surface area contributed by atoms with E-state index >= 15 is 0 Å². The summed E-state index contributed by atoms with van der Waals surface area (Å²) in [4.78, 5) is 0. The second-order valence-electron chi connectivity index (χ2n) is 6.01. The van der Waals surface area contributed by atoms with E-state index in [1.165, 1.54) is 44.1 Å². The molecule has 2 atom stereocenters. The predicted octanol–water partition coefficient (Wildman–Crippen LogP) is 5.71. The van der Waals surface area contributed by atoms with Crippen molar-refractivity contribution >= 4 is 0 Å². The SMILES string of the molecule is CCCCCCCCc1ccc(OC(C)OC(C)OCC)cc1. The molecule has 1 rings (SSSR count). The van der Waals surface area contributed by atoms with Crippen LogP contribution in [-0.4, -0.2) is 19.2 Å². The highest BCUT2D eigenvalue weighted by Gasteiger charge is 2.09. The minimum absolute atomic E-state index is 0.248. The van der Waals surface area contributed by atoms with Crippen LogP contribution in [0.4, 0.5) is 0 Å². The van der Waals surface area contributed by atoms with Crippen molar-refractivity contribution in [3.05, 3.63) is 29.8 Å². The van der Waals surface area contributed by atoms with Crippen molar-refractivity contribution in [2.75, 3.05) is 6.61 Å². The highest BCUT2D eigenvalue weighted by molar-refractivity contribution is 5.27. The van der Waals surface area contributed by atoms with Gasteiger partial charge in [0.05, 0.1) is 0 Å². The van der Waals surface area contributed by atoms with Gasteiger partial charge in [-0.2, -0.15) is 0 Å². The normalized spacial score (nSPS) is 13.7. The third-order valence-electron chi connectivity index (χ3n) is 3.83. The Morgan fingerprint density at radius 2 is 1.48 bits per heavy atom. The van der Waals surface area contributed by atoms with Gasteiger partial charge < -0.3 is 14.2 Å². The van der Waals surface area contributed by atoms with Gasteiger partial charge >= 0.3 is 0 Å². The van der Waals surface area contributed by atoms with Crippen LogP contribution in [0, 0.1) is 0 Å². The molecule has 3 nitrogen and oxygen atoms in total. The fraction of sp³-hybridized carbons (Fsp3) is 0.700. The summed E-state index contributed by atoms with van der Waals surface area (Å²) in [5, 5.41) is 0. The third kappa shape index (κ3) is 9.62. The number of ether oxygens (including phenoxy) is 3. The molecule has 3 heteroatoms. The fourth-order valence-corrected chi connectivity index (χ4v) is 2.61. The van der Waals surface area contributed by atoms with Crippen LogP contribution in [0.3, 0.4) is 0 Å². The summed E-state index contributed by atoms with van der Waals surface area (Å²) in [7, 11) is 0. The third-order valence-corrected chi connectivity index (χ3v) is 3.83. The average molecular weight is 322 g/mol. The topological polar surface area (TPSA) is 27.7 Å². The summed E-state index contributed by atoms with van der Waals surface area (Å²) in [6.07, 6.45) is 8.61. The molecule has 1 aromatic carbocycles. The Morgan fingerprint density at radius 1 is 0.826 bits per heavy atom. The van der Waals surface area contributed by atoms with E-state index in [1.54, 1.807) is 0 Å². The first-order chi connectivity index (χ1) is 11.2. The van der Waals surface area contributed by atoms with E-state index in [9.17, 15) is 0 Å². The number of rotatable bonds is 13. The minimum atomic E-state index is -0.319.